The average Bonchev–Trinajstić information content (AvgIpc) is 3.01. The molecule has 0 spiro atoms. The van der Waals surface area contributed by atoms with Gasteiger partial charge < -0.3 is 10.1 Å². The van der Waals surface area contributed by atoms with E-state index in [4.69, 9.17) is 27.9 Å². The lowest BCUT2D eigenvalue weighted by atomic mass is 10.2. The topological polar surface area (TPSA) is 69.0 Å². The van der Waals surface area contributed by atoms with Crippen LogP contribution in [0.25, 0.3) is 11.9 Å². The molecule has 0 unspecified atom stereocenters. The molecule has 8 heteroatoms. The van der Waals surface area contributed by atoms with E-state index in [-0.39, 0.29) is 5.91 Å². The third-order valence-electron chi connectivity index (χ3n) is 3.69. The summed E-state index contributed by atoms with van der Waals surface area (Å²) in [7, 11) is 0. The van der Waals surface area contributed by atoms with Crippen molar-refractivity contribution in [3.63, 3.8) is 0 Å². The van der Waals surface area contributed by atoms with Crippen LogP contribution in [0.4, 0.5) is 5.82 Å². The van der Waals surface area contributed by atoms with Crippen LogP contribution in [0, 0.1) is 6.92 Å². The Kier molecular flexibility index (Phi) is 6.34. The van der Waals surface area contributed by atoms with Gasteiger partial charge in [-0.05, 0) is 43.7 Å². The largest absolute Gasteiger partial charge is 0.494 e. The fourth-order valence-electron chi connectivity index (χ4n) is 2.49. The number of hydrogen-bond acceptors (Lipinski definition) is 4. The van der Waals surface area contributed by atoms with Crippen LogP contribution in [0.2, 0.25) is 10.0 Å². The van der Waals surface area contributed by atoms with Crippen molar-refractivity contribution in [1.82, 2.24) is 14.8 Å². The Morgan fingerprint density at radius 1 is 1.25 bits per heavy atom. The van der Waals surface area contributed by atoms with E-state index < -0.39 is 0 Å². The Balaban J connectivity index is 1.75. The van der Waals surface area contributed by atoms with Gasteiger partial charge in [0.25, 0.3) is 0 Å². The Morgan fingerprint density at radius 3 is 2.68 bits per heavy atom. The Morgan fingerprint density at radius 2 is 2.00 bits per heavy atom. The van der Waals surface area contributed by atoms with Crippen LogP contribution in [0.15, 0.2) is 48.7 Å². The van der Waals surface area contributed by atoms with Gasteiger partial charge in [-0.3, -0.25) is 4.79 Å². The van der Waals surface area contributed by atoms with Crippen molar-refractivity contribution in [2.45, 2.75) is 13.8 Å². The molecule has 3 rings (SSSR count). The molecule has 0 aliphatic heterocycles. The van der Waals surface area contributed by atoms with Gasteiger partial charge in [0.2, 0.25) is 5.91 Å². The Bertz CT molecular complexity index is 1010. The number of anilines is 1. The number of carbonyl (C=O) groups excluding carboxylic acids is 1. The van der Waals surface area contributed by atoms with E-state index in [2.05, 4.69) is 15.4 Å². The van der Waals surface area contributed by atoms with Crippen LogP contribution >= 0.6 is 23.2 Å². The molecular formula is C20H18Cl2N4O2. The summed E-state index contributed by atoms with van der Waals surface area (Å²) in [5, 5.41) is 7.88. The number of carbonyl (C=O) groups is 1. The highest BCUT2D eigenvalue weighted by Crippen LogP contribution is 2.25. The third-order valence-corrected chi connectivity index (χ3v) is 4.17. The number of aromatic nitrogens is 3. The first kappa shape index (κ1) is 19.9. The number of pyridine rings is 1. The van der Waals surface area contributed by atoms with Crippen molar-refractivity contribution in [2.75, 3.05) is 11.9 Å². The van der Waals surface area contributed by atoms with Crippen molar-refractivity contribution in [3.05, 3.63) is 70.0 Å². The maximum Gasteiger partial charge on any atom is 0.249 e. The van der Waals surface area contributed by atoms with Gasteiger partial charge >= 0.3 is 0 Å². The van der Waals surface area contributed by atoms with E-state index >= 15 is 0 Å². The van der Waals surface area contributed by atoms with Crippen LogP contribution in [-0.2, 0) is 4.79 Å². The number of halogens is 2. The van der Waals surface area contributed by atoms with Gasteiger partial charge in [-0.1, -0.05) is 35.3 Å². The van der Waals surface area contributed by atoms with E-state index in [1.165, 1.54) is 17.0 Å². The highest BCUT2D eigenvalue weighted by atomic mass is 35.5. The average molecular weight is 417 g/mol. The molecule has 6 nitrogen and oxygen atoms in total. The van der Waals surface area contributed by atoms with Gasteiger partial charge in [-0.15, -0.1) is 0 Å². The first-order chi connectivity index (χ1) is 13.5. The summed E-state index contributed by atoms with van der Waals surface area (Å²) in [4.78, 5) is 16.6. The van der Waals surface area contributed by atoms with Gasteiger partial charge in [-0.2, -0.15) is 9.78 Å². The molecule has 0 saturated heterocycles. The number of aryl methyl sites for hydroxylation is 1. The summed E-state index contributed by atoms with van der Waals surface area (Å²) < 4.78 is 6.87. The molecule has 0 fully saturated rings. The fourth-order valence-corrected chi connectivity index (χ4v) is 2.95. The minimum absolute atomic E-state index is 0.305. The van der Waals surface area contributed by atoms with E-state index in [1.807, 2.05) is 38.1 Å². The summed E-state index contributed by atoms with van der Waals surface area (Å²) in [6, 6.07) is 10.8. The Labute approximate surface area is 172 Å². The van der Waals surface area contributed by atoms with Gasteiger partial charge in [0.15, 0.2) is 5.82 Å². The van der Waals surface area contributed by atoms with E-state index in [1.54, 1.807) is 18.2 Å². The smallest absolute Gasteiger partial charge is 0.249 e. The predicted molar refractivity (Wildman–Crippen MR) is 111 cm³/mol. The molecule has 3 aromatic rings. The zero-order valence-corrected chi connectivity index (χ0v) is 16.8. The molecule has 1 aromatic carbocycles. The molecule has 144 valence electrons. The molecule has 1 amide bonds. The number of amides is 1. The van der Waals surface area contributed by atoms with Crippen molar-refractivity contribution in [2.24, 2.45) is 0 Å². The quantitative estimate of drug-likeness (QED) is 0.578. The van der Waals surface area contributed by atoms with Crippen molar-refractivity contribution >= 4 is 41.0 Å². The highest BCUT2D eigenvalue weighted by molar-refractivity contribution is 6.35. The predicted octanol–water partition coefficient (Wildman–Crippen LogP) is 4.93. The molecule has 28 heavy (non-hydrogen) atoms. The van der Waals surface area contributed by atoms with Crippen molar-refractivity contribution < 1.29 is 9.53 Å². The van der Waals surface area contributed by atoms with E-state index in [0.717, 1.165) is 11.3 Å². The molecule has 0 saturated carbocycles. The first-order valence-corrected chi connectivity index (χ1v) is 9.32. The second kappa shape index (κ2) is 8.91. The highest BCUT2D eigenvalue weighted by Gasteiger charge is 2.14. The number of benzene rings is 1. The molecule has 1 N–H and O–H groups in total. The second-order valence-electron chi connectivity index (χ2n) is 5.87. The summed E-state index contributed by atoms with van der Waals surface area (Å²) in [6.45, 7) is 4.35. The summed E-state index contributed by atoms with van der Waals surface area (Å²) in [6.07, 6.45) is 4.63. The third kappa shape index (κ3) is 4.91. The second-order valence-corrected chi connectivity index (χ2v) is 6.71. The van der Waals surface area contributed by atoms with E-state index in [9.17, 15) is 4.79 Å². The lowest BCUT2D eigenvalue weighted by Gasteiger charge is -2.08. The van der Waals surface area contributed by atoms with Gasteiger partial charge in [0.05, 0.1) is 22.3 Å². The maximum absolute atomic E-state index is 12.3. The van der Waals surface area contributed by atoms with Crippen LogP contribution in [-0.4, -0.2) is 27.3 Å². The molecule has 0 aliphatic carbocycles. The van der Waals surface area contributed by atoms with Crippen LogP contribution in [0.5, 0.6) is 5.75 Å². The number of rotatable bonds is 6. The van der Waals surface area contributed by atoms with Crippen molar-refractivity contribution in [1.29, 1.82) is 0 Å². The van der Waals surface area contributed by atoms with Crippen LogP contribution < -0.4 is 10.1 Å². The number of hydrogen-bond donors (Lipinski definition) is 1. The minimum Gasteiger partial charge on any atom is -0.494 e. The molecule has 0 bridgehead atoms. The number of ether oxygens (including phenoxy) is 1. The molecule has 2 heterocycles. The van der Waals surface area contributed by atoms with Crippen molar-refractivity contribution in [3.8, 4) is 11.6 Å². The minimum atomic E-state index is -0.305. The normalized spacial score (nSPS) is 11.0. The Hall–Kier alpha value is -2.83. The molecule has 2 aromatic heterocycles. The van der Waals surface area contributed by atoms with Gasteiger partial charge in [0, 0.05) is 18.3 Å². The molecule has 0 radical (unpaired) electrons. The summed E-state index contributed by atoms with van der Waals surface area (Å²) in [5.41, 5.74) is 1.59. The van der Waals surface area contributed by atoms with Crippen LogP contribution in [0.3, 0.4) is 0 Å². The number of nitrogens with zero attached hydrogens (tertiary/aromatic N) is 3. The standard InChI is InChI=1S/C20H18Cl2N4O2/c1-3-28-16-7-4-14(5-8-16)6-9-19(27)24-18-10-13(2)25-26(18)20-17(22)11-15(21)12-23-20/h4-12H,3H2,1-2H3,(H,24,27)/b9-6+. The SMILES string of the molecule is CCOc1ccc(/C=C/C(=O)Nc2cc(C)nn2-c2ncc(Cl)cc2Cl)cc1. The molecule has 0 atom stereocenters. The summed E-state index contributed by atoms with van der Waals surface area (Å²) >= 11 is 12.1. The van der Waals surface area contributed by atoms with Gasteiger partial charge in [0.1, 0.15) is 11.6 Å². The van der Waals surface area contributed by atoms with E-state index in [0.29, 0.717) is 34.0 Å². The maximum atomic E-state index is 12.3. The van der Waals surface area contributed by atoms with Crippen LogP contribution in [0.1, 0.15) is 18.2 Å². The number of nitrogens with one attached hydrogen (secondary N) is 1. The summed E-state index contributed by atoms with van der Waals surface area (Å²) in [5.74, 6) is 1.32. The zero-order chi connectivity index (χ0) is 20.1. The first-order valence-electron chi connectivity index (χ1n) is 8.56. The zero-order valence-electron chi connectivity index (χ0n) is 15.3. The lowest BCUT2D eigenvalue weighted by molar-refractivity contribution is -0.111. The fraction of sp³-hybridized carbons (Fsp3) is 0.150. The molecular weight excluding hydrogens is 399 g/mol. The van der Waals surface area contributed by atoms with Gasteiger partial charge in [-0.25, -0.2) is 4.98 Å². The monoisotopic (exact) mass is 416 g/mol. The molecule has 0 aliphatic rings. The lowest BCUT2D eigenvalue weighted by Crippen LogP contribution is -2.13.